The maximum absolute atomic E-state index is 13.2. The van der Waals surface area contributed by atoms with Gasteiger partial charge in [0, 0.05) is 18.3 Å². The maximum atomic E-state index is 13.2. The fourth-order valence-electron chi connectivity index (χ4n) is 2.57. The van der Waals surface area contributed by atoms with Gasteiger partial charge >= 0.3 is 11.8 Å². The number of aromatic hydroxyl groups is 1. The summed E-state index contributed by atoms with van der Waals surface area (Å²) in [7, 11) is 0. The fourth-order valence-corrected chi connectivity index (χ4v) is 2.57. The molecule has 0 saturated heterocycles. The van der Waals surface area contributed by atoms with Crippen LogP contribution in [0.3, 0.4) is 0 Å². The van der Waals surface area contributed by atoms with Gasteiger partial charge in [-0.15, -0.1) is 0 Å². The van der Waals surface area contributed by atoms with Gasteiger partial charge in [-0.3, -0.25) is 9.59 Å². The van der Waals surface area contributed by atoms with Crippen LogP contribution in [0.1, 0.15) is 5.56 Å². The van der Waals surface area contributed by atoms with E-state index >= 15 is 0 Å². The molecule has 0 spiro atoms. The Hall–Kier alpha value is -3.87. The largest absolute Gasteiger partial charge is 0.508 e. The number of carbonyl (C=O) groups is 2. The molecule has 29 heavy (non-hydrogen) atoms. The molecule has 0 saturated carbocycles. The van der Waals surface area contributed by atoms with Crippen molar-refractivity contribution in [2.45, 2.75) is 6.42 Å². The Labute approximate surface area is 167 Å². The number of carbonyl (C=O) groups excluding carboxylic acids is 2. The van der Waals surface area contributed by atoms with Crippen LogP contribution in [0.4, 0.5) is 10.1 Å². The molecule has 0 aromatic heterocycles. The molecule has 0 unspecified atom stereocenters. The number of para-hydroxylation sites is 1. The summed E-state index contributed by atoms with van der Waals surface area (Å²) in [6, 6.07) is 18.9. The zero-order valence-electron chi connectivity index (χ0n) is 15.4. The molecule has 0 atom stereocenters. The predicted octanol–water partition coefficient (Wildman–Crippen LogP) is 3.62. The molecule has 0 aliphatic carbocycles. The van der Waals surface area contributed by atoms with Gasteiger partial charge in [-0.2, -0.15) is 0 Å². The molecule has 0 bridgehead atoms. The number of phenols is 1. The number of rotatable bonds is 6. The second-order valence-electron chi connectivity index (χ2n) is 6.17. The molecule has 2 amide bonds. The summed E-state index contributed by atoms with van der Waals surface area (Å²) in [5.41, 5.74) is 1.10. The van der Waals surface area contributed by atoms with Crippen molar-refractivity contribution in [3.63, 3.8) is 0 Å². The van der Waals surface area contributed by atoms with E-state index in [1.165, 1.54) is 18.2 Å². The standard InChI is InChI=1S/C22H19FN2O4/c23-16-5-3-6-19(14-16)29-18-10-8-17(9-11-18)25-22(28)21(27)24-13-12-15-4-1-2-7-20(15)26/h1-11,14,26H,12-13H2,(H,24,27)(H,25,28). The number of anilines is 1. The Kier molecular flexibility index (Phi) is 6.42. The van der Waals surface area contributed by atoms with E-state index in [1.807, 2.05) is 0 Å². The van der Waals surface area contributed by atoms with E-state index in [0.717, 1.165) is 0 Å². The first kappa shape index (κ1) is 19.9. The third-order valence-corrected chi connectivity index (χ3v) is 4.02. The number of hydrogen-bond acceptors (Lipinski definition) is 4. The first-order valence-corrected chi connectivity index (χ1v) is 8.91. The van der Waals surface area contributed by atoms with Crippen molar-refractivity contribution >= 4 is 17.5 Å². The molecular weight excluding hydrogens is 375 g/mol. The number of ether oxygens (including phenoxy) is 1. The second kappa shape index (κ2) is 9.36. The highest BCUT2D eigenvalue weighted by Gasteiger charge is 2.13. The number of benzene rings is 3. The summed E-state index contributed by atoms with van der Waals surface area (Å²) in [5, 5.41) is 14.7. The van der Waals surface area contributed by atoms with E-state index in [4.69, 9.17) is 4.74 Å². The molecule has 0 heterocycles. The third kappa shape index (κ3) is 5.80. The highest BCUT2D eigenvalue weighted by atomic mass is 19.1. The average molecular weight is 394 g/mol. The number of nitrogens with one attached hydrogen (secondary N) is 2. The van der Waals surface area contributed by atoms with E-state index in [0.29, 0.717) is 29.2 Å². The molecule has 148 valence electrons. The van der Waals surface area contributed by atoms with E-state index in [-0.39, 0.29) is 12.3 Å². The average Bonchev–Trinajstić information content (AvgIpc) is 2.71. The van der Waals surface area contributed by atoms with Crippen LogP contribution >= 0.6 is 0 Å². The SMILES string of the molecule is O=C(NCCc1ccccc1O)C(=O)Nc1ccc(Oc2cccc(F)c2)cc1. The summed E-state index contributed by atoms with van der Waals surface area (Å²) in [4.78, 5) is 23.9. The van der Waals surface area contributed by atoms with Crippen molar-refractivity contribution in [1.82, 2.24) is 5.32 Å². The quantitative estimate of drug-likeness (QED) is 0.557. The van der Waals surface area contributed by atoms with Crippen LogP contribution in [-0.4, -0.2) is 23.5 Å². The van der Waals surface area contributed by atoms with Gasteiger partial charge in [-0.05, 0) is 54.4 Å². The molecule has 6 nitrogen and oxygen atoms in total. The topological polar surface area (TPSA) is 87.7 Å². The molecular formula is C22H19FN2O4. The molecule has 0 radical (unpaired) electrons. The summed E-state index contributed by atoms with van der Waals surface area (Å²) in [5.74, 6) is -1.03. The zero-order valence-corrected chi connectivity index (χ0v) is 15.4. The Morgan fingerprint density at radius 2 is 1.66 bits per heavy atom. The van der Waals surface area contributed by atoms with E-state index in [2.05, 4.69) is 10.6 Å². The molecule has 0 aliphatic heterocycles. The monoisotopic (exact) mass is 394 g/mol. The van der Waals surface area contributed by atoms with Crippen LogP contribution in [0, 0.1) is 5.82 Å². The minimum Gasteiger partial charge on any atom is -0.508 e. The van der Waals surface area contributed by atoms with Crippen molar-refractivity contribution in [3.8, 4) is 17.2 Å². The Balaban J connectivity index is 1.48. The lowest BCUT2D eigenvalue weighted by Gasteiger charge is -2.09. The summed E-state index contributed by atoms with van der Waals surface area (Å²) in [6.45, 7) is 0.213. The molecule has 0 aliphatic rings. The molecule has 3 N–H and O–H groups in total. The van der Waals surface area contributed by atoms with Gasteiger partial charge in [-0.1, -0.05) is 24.3 Å². The van der Waals surface area contributed by atoms with Gasteiger partial charge in [0.1, 0.15) is 23.1 Å². The minimum absolute atomic E-state index is 0.145. The van der Waals surface area contributed by atoms with Crippen molar-refractivity contribution in [3.05, 3.63) is 84.2 Å². The zero-order chi connectivity index (χ0) is 20.6. The van der Waals surface area contributed by atoms with Crippen molar-refractivity contribution in [1.29, 1.82) is 0 Å². The van der Waals surface area contributed by atoms with E-state index in [9.17, 15) is 19.1 Å². The van der Waals surface area contributed by atoms with Crippen molar-refractivity contribution in [2.24, 2.45) is 0 Å². The van der Waals surface area contributed by atoms with Crippen LogP contribution < -0.4 is 15.4 Å². The van der Waals surface area contributed by atoms with Gasteiger partial charge < -0.3 is 20.5 Å². The lowest BCUT2D eigenvalue weighted by Crippen LogP contribution is -2.36. The van der Waals surface area contributed by atoms with Gasteiger partial charge in [0.25, 0.3) is 0 Å². The smallest absolute Gasteiger partial charge is 0.313 e. The molecule has 0 fully saturated rings. The third-order valence-electron chi connectivity index (χ3n) is 4.02. The number of hydrogen-bond donors (Lipinski definition) is 3. The Morgan fingerprint density at radius 3 is 2.38 bits per heavy atom. The first-order chi connectivity index (χ1) is 14.0. The van der Waals surface area contributed by atoms with Gasteiger partial charge in [0.2, 0.25) is 0 Å². The fraction of sp³-hybridized carbons (Fsp3) is 0.0909. The van der Waals surface area contributed by atoms with Gasteiger partial charge in [-0.25, -0.2) is 4.39 Å². The Morgan fingerprint density at radius 1 is 0.897 bits per heavy atom. The van der Waals surface area contributed by atoms with Gasteiger partial charge in [0.05, 0.1) is 0 Å². The van der Waals surface area contributed by atoms with Crippen LogP contribution in [0.25, 0.3) is 0 Å². The van der Waals surface area contributed by atoms with Crippen molar-refractivity contribution in [2.75, 3.05) is 11.9 Å². The highest BCUT2D eigenvalue weighted by molar-refractivity contribution is 6.39. The van der Waals surface area contributed by atoms with Gasteiger partial charge in [0.15, 0.2) is 0 Å². The van der Waals surface area contributed by atoms with Crippen LogP contribution in [0.2, 0.25) is 0 Å². The summed E-state index contributed by atoms with van der Waals surface area (Å²) < 4.78 is 18.7. The lowest BCUT2D eigenvalue weighted by atomic mass is 10.1. The predicted molar refractivity (Wildman–Crippen MR) is 106 cm³/mol. The first-order valence-electron chi connectivity index (χ1n) is 8.91. The van der Waals surface area contributed by atoms with Crippen LogP contribution in [0.15, 0.2) is 72.8 Å². The molecule has 3 rings (SSSR count). The Bertz CT molecular complexity index is 1010. The van der Waals surface area contributed by atoms with E-state index in [1.54, 1.807) is 54.6 Å². The van der Waals surface area contributed by atoms with E-state index < -0.39 is 17.6 Å². The minimum atomic E-state index is -0.805. The van der Waals surface area contributed by atoms with Crippen LogP contribution in [0.5, 0.6) is 17.2 Å². The highest BCUT2D eigenvalue weighted by Crippen LogP contribution is 2.23. The maximum Gasteiger partial charge on any atom is 0.313 e. The molecule has 7 heteroatoms. The number of amides is 2. The second-order valence-corrected chi connectivity index (χ2v) is 6.17. The number of phenolic OH excluding ortho intramolecular Hbond substituents is 1. The lowest BCUT2D eigenvalue weighted by molar-refractivity contribution is -0.136. The summed E-state index contributed by atoms with van der Waals surface area (Å²) >= 11 is 0. The molecule has 3 aromatic carbocycles. The molecule has 3 aromatic rings. The normalized spacial score (nSPS) is 10.2. The summed E-state index contributed by atoms with van der Waals surface area (Å²) in [6.07, 6.45) is 0.401. The van der Waals surface area contributed by atoms with Crippen LogP contribution in [-0.2, 0) is 16.0 Å². The number of halogens is 1. The van der Waals surface area contributed by atoms with Crippen molar-refractivity contribution < 1.29 is 23.8 Å².